The summed E-state index contributed by atoms with van der Waals surface area (Å²) in [4.78, 5) is 0. The first kappa shape index (κ1) is 17.6. The maximum Gasteiger partial charge on any atom is 0.176 e. The van der Waals surface area contributed by atoms with Crippen LogP contribution < -0.4 is 0 Å². The van der Waals surface area contributed by atoms with Gasteiger partial charge in [-0.15, -0.1) is 18.8 Å². The molecule has 0 amide bonds. The number of aliphatic hydroxyl groups excluding tert-OH is 1. The molecule has 104 valence electrons. The number of terminal acetylenes is 2. The molecular weight excluding hydrogens is 232 g/mol. The minimum atomic E-state index is -0.894. The Balaban J connectivity index is 3.13. The van der Waals surface area contributed by atoms with Crippen molar-refractivity contribution in [2.45, 2.75) is 76.7 Å². The van der Waals surface area contributed by atoms with Crippen LogP contribution in [0, 0.1) is 36.5 Å². The number of hydrogen-bond donors (Lipinski definition) is 1. The molecular formula is C18H26O. The average Bonchev–Trinajstić information content (AvgIpc) is 2.43. The highest BCUT2D eigenvalue weighted by Gasteiger charge is 1.92. The largest absolute Gasteiger partial charge is 0.369 e. The molecule has 1 nitrogen and oxygen atoms in total. The number of rotatable bonds is 10. The molecule has 1 atom stereocenters. The number of unbranched alkanes of at least 4 members (excludes halogenated alkanes) is 10. The molecule has 0 aromatic rings. The molecule has 0 heterocycles. The van der Waals surface area contributed by atoms with Gasteiger partial charge in [0.1, 0.15) is 0 Å². The van der Waals surface area contributed by atoms with Gasteiger partial charge in [-0.3, -0.25) is 0 Å². The molecule has 0 radical (unpaired) electrons. The molecule has 0 aliphatic rings. The second-order valence-electron chi connectivity index (χ2n) is 4.78. The van der Waals surface area contributed by atoms with Crippen LogP contribution in [0.2, 0.25) is 0 Å². The Kier molecular flexibility index (Phi) is 13.6. The maximum atomic E-state index is 9.01. The van der Waals surface area contributed by atoms with Gasteiger partial charge in [-0.2, -0.15) is 0 Å². The monoisotopic (exact) mass is 258 g/mol. The molecule has 0 rings (SSSR count). The Labute approximate surface area is 119 Å². The predicted octanol–water partition coefficient (Wildman–Crippen LogP) is 3.91. The van der Waals surface area contributed by atoms with Gasteiger partial charge < -0.3 is 5.11 Å². The van der Waals surface area contributed by atoms with E-state index in [4.69, 9.17) is 18.0 Å². The first-order valence-electron chi connectivity index (χ1n) is 7.37. The van der Waals surface area contributed by atoms with E-state index in [0.29, 0.717) is 0 Å². The van der Waals surface area contributed by atoms with Crippen LogP contribution in [0.15, 0.2) is 0 Å². The van der Waals surface area contributed by atoms with Gasteiger partial charge in [-0.05, 0) is 12.8 Å². The van der Waals surface area contributed by atoms with Crippen molar-refractivity contribution in [3.8, 4) is 36.5 Å². The average molecular weight is 258 g/mol. The standard InChI is InChI=1S/C18H26O/c1-3-5-6-7-8-9-10-11-12-13-14-15-16-17-18(19)4-2/h1-2,18-19H,5-15H2/t18-/m1/s1. The molecule has 1 heteroatoms. The van der Waals surface area contributed by atoms with Crippen LogP contribution in [0.3, 0.4) is 0 Å². The Morgan fingerprint density at radius 2 is 1.21 bits per heavy atom. The van der Waals surface area contributed by atoms with Crippen LogP contribution in [-0.4, -0.2) is 11.2 Å². The molecule has 19 heavy (non-hydrogen) atoms. The number of hydrogen-bond acceptors (Lipinski definition) is 1. The normalized spacial score (nSPS) is 10.9. The molecule has 0 spiro atoms. The minimum absolute atomic E-state index is 0.838. The smallest absolute Gasteiger partial charge is 0.176 e. The van der Waals surface area contributed by atoms with Crippen LogP contribution in [0.1, 0.15) is 70.6 Å². The molecule has 0 fully saturated rings. The Morgan fingerprint density at radius 3 is 1.68 bits per heavy atom. The second-order valence-corrected chi connectivity index (χ2v) is 4.78. The lowest BCUT2D eigenvalue weighted by Crippen LogP contribution is -1.96. The van der Waals surface area contributed by atoms with E-state index in [-0.39, 0.29) is 0 Å². The molecule has 0 saturated carbocycles. The fraction of sp³-hybridized carbons (Fsp3) is 0.667. The summed E-state index contributed by atoms with van der Waals surface area (Å²) in [7, 11) is 0. The molecule has 0 aromatic heterocycles. The highest BCUT2D eigenvalue weighted by Crippen LogP contribution is 2.10. The van der Waals surface area contributed by atoms with Crippen LogP contribution >= 0.6 is 0 Å². The first-order valence-corrected chi connectivity index (χ1v) is 7.37. The zero-order valence-corrected chi connectivity index (χ0v) is 12.0. The van der Waals surface area contributed by atoms with Gasteiger partial charge in [0, 0.05) is 12.8 Å². The summed E-state index contributed by atoms with van der Waals surface area (Å²) in [6.07, 6.45) is 22.4. The molecule has 0 saturated heterocycles. The second kappa shape index (κ2) is 14.7. The van der Waals surface area contributed by atoms with E-state index in [1.54, 1.807) is 0 Å². The molecule has 0 bridgehead atoms. The molecule has 0 unspecified atom stereocenters. The summed E-state index contributed by atoms with van der Waals surface area (Å²) in [6, 6.07) is 0. The summed E-state index contributed by atoms with van der Waals surface area (Å²) in [5.41, 5.74) is 0. The van der Waals surface area contributed by atoms with E-state index in [0.717, 1.165) is 19.3 Å². The van der Waals surface area contributed by atoms with Crippen molar-refractivity contribution in [3.05, 3.63) is 0 Å². The van der Waals surface area contributed by atoms with E-state index in [1.165, 1.54) is 51.4 Å². The number of aliphatic hydroxyl groups is 1. The molecule has 0 aliphatic carbocycles. The van der Waals surface area contributed by atoms with Gasteiger partial charge >= 0.3 is 0 Å². The van der Waals surface area contributed by atoms with Gasteiger partial charge in [0.15, 0.2) is 6.10 Å². The lowest BCUT2D eigenvalue weighted by molar-refractivity contribution is 0.289. The van der Waals surface area contributed by atoms with E-state index in [9.17, 15) is 0 Å². The van der Waals surface area contributed by atoms with Crippen molar-refractivity contribution in [2.75, 3.05) is 0 Å². The zero-order chi connectivity index (χ0) is 14.2. The van der Waals surface area contributed by atoms with Crippen LogP contribution in [-0.2, 0) is 0 Å². The van der Waals surface area contributed by atoms with Gasteiger partial charge in [0.05, 0.1) is 0 Å². The summed E-state index contributed by atoms with van der Waals surface area (Å²) >= 11 is 0. The predicted molar refractivity (Wildman–Crippen MR) is 82.2 cm³/mol. The van der Waals surface area contributed by atoms with Gasteiger partial charge in [0.25, 0.3) is 0 Å². The highest BCUT2D eigenvalue weighted by atomic mass is 16.3. The molecule has 0 aliphatic heterocycles. The SMILES string of the molecule is C#CCCCCCCCCCCCC#C[C@H](O)C#C. The van der Waals surface area contributed by atoms with Crippen molar-refractivity contribution in [1.29, 1.82) is 0 Å². The maximum absolute atomic E-state index is 9.01. The quantitative estimate of drug-likeness (QED) is 0.465. The van der Waals surface area contributed by atoms with Crippen LogP contribution in [0.25, 0.3) is 0 Å². The van der Waals surface area contributed by atoms with Crippen LogP contribution in [0.5, 0.6) is 0 Å². The molecule has 0 aromatic carbocycles. The first-order chi connectivity index (χ1) is 9.31. The van der Waals surface area contributed by atoms with E-state index < -0.39 is 6.10 Å². The Bertz CT molecular complexity index is 331. The molecule has 1 N–H and O–H groups in total. The van der Waals surface area contributed by atoms with Crippen molar-refractivity contribution in [3.63, 3.8) is 0 Å². The van der Waals surface area contributed by atoms with E-state index in [2.05, 4.69) is 23.7 Å². The summed E-state index contributed by atoms with van der Waals surface area (Å²) in [5, 5.41) is 9.01. The van der Waals surface area contributed by atoms with E-state index in [1.807, 2.05) is 0 Å². The summed E-state index contributed by atoms with van der Waals surface area (Å²) in [5.74, 6) is 10.4. The van der Waals surface area contributed by atoms with Gasteiger partial charge in [-0.25, -0.2) is 0 Å². The van der Waals surface area contributed by atoms with Crippen molar-refractivity contribution < 1.29 is 5.11 Å². The summed E-state index contributed by atoms with van der Waals surface area (Å²) in [6.45, 7) is 0. The van der Waals surface area contributed by atoms with Crippen LogP contribution in [0.4, 0.5) is 0 Å². The Hall–Kier alpha value is -1.36. The lowest BCUT2D eigenvalue weighted by Gasteiger charge is -2.00. The third-order valence-electron chi connectivity index (χ3n) is 3.02. The Morgan fingerprint density at radius 1 is 0.737 bits per heavy atom. The third kappa shape index (κ3) is 14.6. The summed E-state index contributed by atoms with van der Waals surface area (Å²) < 4.78 is 0. The van der Waals surface area contributed by atoms with Crippen molar-refractivity contribution in [1.82, 2.24) is 0 Å². The topological polar surface area (TPSA) is 20.2 Å². The highest BCUT2D eigenvalue weighted by molar-refractivity contribution is 5.15. The van der Waals surface area contributed by atoms with Crippen molar-refractivity contribution >= 4 is 0 Å². The fourth-order valence-corrected chi connectivity index (χ4v) is 1.89. The fourth-order valence-electron chi connectivity index (χ4n) is 1.89. The van der Waals surface area contributed by atoms with Crippen molar-refractivity contribution in [2.24, 2.45) is 0 Å². The lowest BCUT2D eigenvalue weighted by atomic mass is 10.1. The zero-order valence-electron chi connectivity index (χ0n) is 12.0. The van der Waals surface area contributed by atoms with Gasteiger partial charge in [0.2, 0.25) is 0 Å². The minimum Gasteiger partial charge on any atom is -0.369 e. The van der Waals surface area contributed by atoms with E-state index >= 15 is 0 Å². The third-order valence-corrected chi connectivity index (χ3v) is 3.02. The van der Waals surface area contributed by atoms with Gasteiger partial charge in [-0.1, -0.05) is 62.7 Å².